The summed E-state index contributed by atoms with van der Waals surface area (Å²) in [5, 5.41) is 12.8. The van der Waals surface area contributed by atoms with Crippen LogP contribution in [0, 0.1) is 18.3 Å². The van der Waals surface area contributed by atoms with Gasteiger partial charge >= 0.3 is 0 Å². The average Bonchev–Trinajstić information content (AvgIpc) is 2.84. The highest BCUT2D eigenvalue weighted by Gasteiger charge is 2.26. The Bertz CT molecular complexity index is 466. The number of likely N-dealkylation sites (tertiary alicyclic amines) is 1. The lowest BCUT2D eigenvalue weighted by Crippen LogP contribution is -2.49. The summed E-state index contributed by atoms with van der Waals surface area (Å²) in [6.45, 7) is 6.75. The number of hydrogen-bond acceptors (Lipinski definition) is 6. The molecule has 0 spiro atoms. The van der Waals surface area contributed by atoms with Gasteiger partial charge in [-0.05, 0) is 33.4 Å². The molecule has 0 bridgehead atoms. The molecule has 0 saturated carbocycles. The van der Waals surface area contributed by atoms with Gasteiger partial charge in [-0.3, -0.25) is 9.80 Å². The molecule has 1 aromatic rings. The SMILES string of the molecule is Cc1nc(CN2CCC[C@H](N(C)[C@H](C)CC#N)C2)no1. The minimum Gasteiger partial charge on any atom is -0.340 e. The van der Waals surface area contributed by atoms with Gasteiger partial charge in [0, 0.05) is 25.6 Å². The molecule has 1 aromatic heterocycles. The minimum atomic E-state index is 0.303. The predicted octanol–water partition coefficient (Wildman–Crippen LogP) is 1.58. The van der Waals surface area contributed by atoms with Gasteiger partial charge in [-0.25, -0.2) is 0 Å². The third-order valence-electron chi connectivity index (χ3n) is 4.07. The molecule has 1 aliphatic rings. The van der Waals surface area contributed by atoms with E-state index >= 15 is 0 Å². The molecular formula is C14H23N5O. The second kappa shape index (κ2) is 6.82. The summed E-state index contributed by atoms with van der Waals surface area (Å²) < 4.78 is 5.02. The van der Waals surface area contributed by atoms with Gasteiger partial charge in [-0.2, -0.15) is 10.2 Å². The molecule has 0 amide bonds. The van der Waals surface area contributed by atoms with Crippen LogP contribution in [0.4, 0.5) is 0 Å². The first-order valence-electron chi connectivity index (χ1n) is 7.20. The molecule has 1 fully saturated rings. The van der Waals surface area contributed by atoms with Crippen LogP contribution >= 0.6 is 0 Å². The van der Waals surface area contributed by atoms with Gasteiger partial charge in [-0.15, -0.1) is 0 Å². The van der Waals surface area contributed by atoms with Gasteiger partial charge in [0.1, 0.15) is 0 Å². The van der Waals surface area contributed by atoms with Crippen LogP contribution in [0.2, 0.25) is 0 Å². The second-order valence-corrected chi connectivity index (χ2v) is 5.64. The number of aromatic nitrogens is 2. The lowest BCUT2D eigenvalue weighted by molar-refractivity contribution is 0.0865. The molecule has 1 aliphatic heterocycles. The summed E-state index contributed by atoms with van der Waals surface area (Å²) in [6.07, 6.45) is 2.94. The molecule has 2 atom stereocenters. The molecule has 110 valence electrons. The van der Waals surface area contributed by atoms with E-state index in [-0.39, 0.29) is 0 Å². The van der Waals surface area contributed by atoms with E-state index in [1.165, 1.54) is 12.8 Å². The fraction of sp³-hybridized carbons (Fsp3) is 0.786. The number of hydrogen-bond donors (Lipinski definition) is 0. The summed E-state index contributed by atoms with van der Waals surface area (Å²) in [5.41, 5.74) is 0. The number of aryl methyl sites for hydroxylation is 1. The zero-order valence-electron chi connectivity index (χ0n) is 12.5. The smallest absolute Gasteiger partial charge is 0.223 e. The molecule has 2 rings (SSSR count). The number of rotatable bonds is 5. The van der Waals surface area contributed by atoms with Crippen molar-refractivity contribution in [2.45, 2.75) is 51.7 Å². The van der Waals surface area contributed by atoms with Crippen LogP contribution in [0.15, 0.2) is 4.52 Å². The first-order valence-corrected chi connectivity index (χ1v) is 7.20. The Morgan fingerprint density at radius 1 is 1.60 bits per heavy atom. The highest BCUT2D eigenvalue weighted by atomic mass is 16.5. The van der Waals surface area contributed by atoms with Gasteiger partial charge in [0.05, 0.1) is 19.0 Å². The Kier molecular flexibility index (Phi) is 5.10. The largest absolute Gasteiger partial charge is 0.340 e. The fourth-order valence-electron chi connectivity index (χ4n) is 2.75. The van der Waals surface area contributed by atoms with E-state index in [4.69, 9.17) is 9.78 Å². The molecular weight excluding hydrogens is 254 g/mol. The van der Waals surface area contributed by atoms with Crippen LogP contribution in [0.1, 0.15) is 37.9 Å². The third-order valence-corrected chi connectivity index (χ3v) is 4.07. The van der Waals surface area contributed by atoms with Crippen molar-refractivity contribution < 1.29 is 4.52 Å². The molecule has 6 heteroatoms. The van der Waals surface area contributed by atoms with E-state index in [1.54, 1.807) is 0 Å². The highest BCUT2D eigenvalue weighted by Crippen LogP contribution is 2.19. The van der Waals surface area contributed by atoms with Crippen molar-refractivity contribution in [3.05, 3.63) is 11.7 Å². The Morgan fingerprint density at radius 2 is 2.40 bits per heavy atom. The number of nitrogens with zero attached hydrogens (tertiary/aromatic N) is 5. The number of nitriles is 1. The zero-order valence-corrected chi connectivity index (χ0v) is 12.5. The normalized spacial score (nSPS) is 21.9. The first kappa shape index (κ1) is 14.9. The summed E-state index contributed by atoms with van der Waals surface area (Å²) >= 11 is 0. The lowest BCUT2D eigenvalue weighted by Gasteiger charge is -2.39. The maximum absolute atomic E-state index is 8.82. The number of piperidine rings is 1. The molecule has 1 saturated heterocycles. The molecule has 20 heavy (non-hydrogen) atoms. The van der Waals surface area contributed by atoms with Gasteiger partial charge in [0.15, 0.2) is 5.82 Å². The van der Waals surface area contributed by atoms with Crippen LogP contribution in [0.25, 0.3) is 0 Å². The Hall–Kier alpha value is -1.45. The molecule has 2 heterocycles. The van der Waals surface area contributed by atoms with E-state index in [9.17, 15) is 0 Å². The zero-order chi connectivity index (χ0) is 14.5. The van der Waals surface area contributed by atoms with E-state index in [1.807, 2.05) is 6.92 Å². The van der Waals surface area contributed by atoms with Gasteiger partial charge in [-0.1, -0.05) is 5.16 Å². The average molecular weight is 277 g/mol. The molecule has 0 N–H and O–H groups in total. The molecule has 0 unspecified atom stereocenters. The van der Waals surface area contributed by atoms with E-state index in [2.05, 4.69) is 40.0 Å². The maximum atomic E-state index is 8.82. The van der Waals surface area contributed by atoms with Gasteiger partial charge in [0.25, 0.3) is 0 Å². The van der Waals surface area contributed by atoms with Crippen molar-refractivity contribution in [2.24, 2.45) is 0 Å². The van der Waals surface area contributed by atoms with Gasteiger partial charge in [0.2, 0.25) is 5.89 Å². The van der Waals surface area contributed by atoms with Crippen molar-refractivity contribution in [1.29, 1.82) is 5.26 Å². The Balaban J connectivity index is 1.89. The van der Waals surface area contributed by atoms with Crippen molar-refractivity contribution in [2.75, 3.05) is 20.1 Å². The van der Waals surface area contributed by atoms with E-state index < -0.39 is 0 Å². The van der Waals surface area contributed by atoms with Crippen LogP contribution < -0.4 is 0 Å². The predicted molar refractivity (Wildman–Crippen MR) is 74.8 cm³/mol. The Labute approximate surface area is 120 Å². The molecule has 0 aromatic carbocycles. The number of likely N-dealkylation sites (N-methyl/N-ethyl adjacent to an activating group) is 1. The Morgan fingerprint density at radius 3 is 3.05 bits per heavy atom. The summed E-state index contributed by atoms with van der Waals surface area (Å²) in [6, 6.07) is 3.06. The van der Waals surface area contributed by atoms with E-state index in [0.29, 0.717) is 24.4 Å². The molecule has 0 radical (unpaired) electrons. The molecule has 0 aliphatic carbocycles. The van der Waals surface area contributed by atoms with E-state index in [0.717, 1.165) is 25.5 Å². The second-order valence-electron chi connectivity index (χ2n) is 5.64. The third kappa shape index (κ3) is 3.78. The summed E-state index contributed by atoms with van der Waals surface area (Å²) in [5.74, 6) is 1.38. The van der Waals surface area contributed by atoms with Crippen LogP contribution in [0.3, 0.4) is 0 Å². The van der Waals surface area contributed by atoms with Crippen LogP contribution in [0.5, 0.6) is 0 Å². The molecule has 6 nitrogen and oxygen atoms in total. The van der Waals surface area contributed by atoms with Crippen molar-refractivity contribution in [3.8, 4) is 6.07 Å². The summed E-state index contributed by atoms with van der Waals surface area (Å²) in [4.78, 5) is 8.96. The fourth-order valence-corrected chi connectivity index (χ4v) is 2.75. The topological polar surface area (TPSA) is 69.2 Å². The van der Waals surface area contributed by atoms with Crippen LogP contribution in [-0.2, 0) is 6.54 Å². The monoisotopic (exact) mass is 277 g/mol. The first-order chi connectivity index (χ1) is 9.60. The van der Waals surface area contributed by atoms with Crippen molar-refractivity contribution >= 4 is 0 Å². The minimum absolute atomic E-state index is 0.303. The standard InChI is InChI=1S/C14H23N5O/c1-11(6-7-15)18(3)13-5-4-8-19(9-13)10-14-16-12(2)20-17-14/h11,13H,4-6,8-10H2,1-3H3/t11-,13+/m1/s1. The lowest BCUT2D eigenvalue weighted by atomic mass is 10.0. The quantitative estimate of drug-likeness (QED) is 0.814. The van der Waals surface area contributed by atoms with Crippen molar-refractivity contribution in [3.63, 3.8) is 0 Å². The van der Waals surface area contributed by atoms with Crippen LogP contribution in [-0.4, -0.2) is 52.2 Å². The summed E-state index contributed by atoms with van der Waals surface area (Å²) in [7, 11) is 2.12. The maximum Gasteiger partial charge on any atom is 0.223 e. The van der Waals surface area contributed by atoms with Crippen molar-refractivity contribution in [1.82, 2.24) is 19.9 Å². The highest BCUT2D eigenvalue weighted by molar-refractivity contribution is 4.89. The van der Waals surface area contributed by atoms with Gasteiger partial charge < -0.3 is 4.52 Å².